The van der Waals surface area contributed by atoms with Gasteiger partial charge in [-0.05, 0) is 18.2 Å². The van der Waals surface area contributed by atoms with Crippen LogP contribution in [0.15, 0.2) is 35.4 Å². The van der Waals surface area contributed by atoms with E-state index in [1.807, 2.05) is 0 Å². The molecule has 0 unspecified atom stereocenters. The summed E-state index contributed by atoms with van der Waals surface area (Å²) in [6, 6.07) is 4.58. The molecule has 2 rings (SSSR count). The molecule has 0 saturated heterocycles. The summed E-state index contributed by atoms with van der Waals surface area (Å²) in [4.78, 5) is 34.3. The molecule has 2 heterocycles. The van der Waals surface area contributed by atoms with E-state index in [0.717, 1.165) is 0 Å². The number of halogens is 1. The first kappa shape index (κ1) is 13.3. The number of nitrogens with zero attached hydrogens (tertiary/aromatic N) is 1. The Morgan fingerprint density at radius 1 is 1.42 bits per heavy atom. The fraction of sp³-hybridized carbons (Fsp3) is 0.0833. The van der Waals surface area contributed by atoms with E-state index in [1.165, 1.54) is 19.4 Å². The van der Waals surface area contributed by atoms with Gasteiger partial charge in [0.05, 0.1) is 17.8 Å². The van der Waals surface area contributed by atoms with Gasteiger partial charge in [0.15, 0.2) is 0 Å². The molecule has 0 aliphatic heterocycles. The lowest BCUT2D eigenvalue weighted by Gasteiger charge is -2.05. The van der Waals surface area contributed by atoms with E-state index >= 15 is 0 Å². The highest BCUT2D eigenvalue weighted by atomic mass is 35.5. The predicted octanol–water partition coefficient (Wildman–Crippen LogP) is 1.38. The molecular formula is C12H10ClN3O3. The zero-order valence-electron chi connectivity index (χ0n) is 9.94. The molecule has 98 valence electrons. The molecule has 0 aliphatic rings. The lowest BCUT2D eigenvalue weighted by Crippen LogP contribution is -2.28. The molecule has 0 aromatic carbocycles. The summed E-state index contributed by atoms with van der Waals surface area (Å²) < 4.78 is 0. The number of amides is 1. The van der Waals surface area contributed by atoms with Crippen LogP contribution in [0.3, 0.4) is 0 Å². The van der Waals surface area contributed by atoms with E-state index < -0.39 is 11.5 Å². The molecule has 2 aromatic heterocycles. The minimum absolute atomic E-state index is 0.0504. The van der Waals surface area contributed by atoms with Gasteiger partial charge in [-0.3, -0.25) is 19.4 Å². The van der Waals surface area contributed by atoms with E-state index in [0.29, 0.717) is 16.3 Å². The van der Waals surface area contributed by atoms with Crippen molar-refractivity contribution in [2.45, 2.75) is 0 Å². The zero-order chi connectivity index (χ0) is 13.8. The third-order valence-electron chi connectivity index (χ3n) is 2.41. The maximum Gasteiger partial charge on any atom is 0.280 e. The fourth-order valence-electron chi connectivity index (χ4n) is 1.53. The average Bonchev–Trinajstić information content (AvgIpc) is 2.39. The second kappa shape index (κ2) is 5.64. The second-order valence-electron chi connectivity index (χ2n) is 3.61. The largest absolute Gasteiger partial charge is 0.321 e. The van der Waals surface area contributed by atoms with Gasteiger partial charge in [-0.25, -0.2) is 5.48 Å². The van der Waals surface area contributed by atoms with Gasteiger partial charge in [-0.15, -0.1) is 0 Å². The van der Waals surface area contributed by atoms with Crippen molar-refractivity contribution in [3.8, 4) is 11.3 Å². The van der Waals surface area contributed by atoms with Crippen LogP contribution in [0.4, 0.5) is 0 Å². The zero-order valence-corrected chi connectivity index (χ0v) is 10.7. The van der Waals surface area contributed by atoms with Crippen LogP contribution in [-0.4, -0.2) is 23.0 Å². The molecule has 0 radical (unpaired) electrons. The van der Waals surface area contributed by atoms with Crippen LogP contribution in [0.5, 0.6) is 0 Å². The van der Waals surface area contributed by atoms with Crippen molar-refractivity contribution in [3.05, 3.63) is 51.5 Å². The van der Waals surface area contributed by atoms with Gasteiger partial charge in [0, 0.05) is 18.0 Å². The van der Waals surface area contributed by atoms with E-state index in [-0.39, 0.29) is 5.56 Å². The number of aromatic nitrogens is 2. The highest BCUT2D eigenvalue weighted by Crippen LogP contribution is 2.23. The summed E-state index contributed by atoms with van der Waals surface area (Å²) >= 11 is 6.00. The van der Waals surface area contributed by atoms with Gasteiger partial charge in [-0.2, -0.15) is 0 Å². The van der Waals surface area contributed by atoms with E-state index in [4.69, 9.17) is 11.6 Å². The van der Waals surface area contributed by atoms with Crippen molar-refractivity contribution < 1.29 is 9.63 Å². The molecule has 7 heteroatoms. The highest BCUT2D eigenvalue weighted by Gasteiger charge is 2.12. The van der Waals surface area contributed by atoms with E-state index in [2.05, 4.69) is 20.3 Å². The maximum absolute atomic E-state index is 11.8. The maximum atomic E-state index is 11.8. The summed E-state index contributed by atoms with van der Waals surface area (Å²) in [5.41, 5.74) is 2.56. The number of nitrogens with one attached hydrogen (secondary N) is 2. The van der Waals surface area contributed by atoms with Crippen molar-refractivity contribution >= 4 is 17.5 Å². The Labute approximate surface area is 113 Å². The standard InChI is InChI=1S/C12H10ClN3O3/c1-19-16-12(18)7-2-3-10(15-11(7)17)8-6-14-5-4-9(8)13/h2-6H,1H3,(H,15,17)(H,16,18). The monoisotopic (exact) mass is 279 g/mol. The van der Waals surface area contributed by atoms with E-state index in [1.54, 1.807) is 18.3 Å². The normalized spacial score (nSPS) is 10.2. The molecule has 6 nitrogen and oxygen atoms in total. The molecule has 0 atom stereocenters. The quantitative estimate of drug-likeness (QED) is 0.832. The van der Waals surface area contributed by atoms with Gasteiger partial charge in [0.1, 0.15) is 5.56 Å². The molecule has 1 amide bonds. The highest BCUT2D eigenvalue weighted by molar-refractivity contribution is 6.33. The average molecular weight is 280 g/mol. The van der Waals surface area contributed by atoms with Crippen molar-refractivity contribution in [1.82, 2.24) is 15.4 Å². The number of pyridine rings is 2. The minimum atomic E-state index is -0.618. The Balaban J connectivity index is 2.43. The van der Waals surface area contributed by atoms with Gasteiger partial charge >= 0.3 is 0 Å². The van der Waals surface area contributed by atoms with Gasteiger partial charge in [-0.1, -0.05) is 11.6 Å². The molecule has 2 aromatic rings. The van der Waals surface area contributed by atoms with Gasteiger partial charge in [0.25, 0.3) is 11.5 Å². The van der Waals surface area contributed by atoms with Gasteiger partial charge in [0.2, 0.25) is 0 Å². The molecular weight excluding hydrogens is 270 g/mol. The number of rotatable bonds is 3. The molecule has 0 saturated carbocycles. The summed E-state index contributed by atoms with van der Waals surface area (Å²) in [6.07, 6.45) is 3.08. The SMILES string of the molecule is CONC(=O)c1ccc(-c2cnccc2Cl)[nH]c1=O. The summed E-state index contributed by atoms with van der Waals surface area (Å²) in [6.45, 7) is 0. The van der Waals surface area contributed by atoms with Crippen molar-refractivity contribution in [2.24, 2.45) is 0 Å². The third kappa shape index (κ3) is 2.81. The number of hydroxylamine groups is 1. The van der Waals surface area contributed by atoms with Gasteiger partial charge < -0.3 is 4.98 Å². The Morgan fingerprint density at radius 2 is 2.21 bits per heavy atom. The van der Waals surface area contributed by atoms with Crippen LogP contribution in [-0.2, 0) is 4.84 Å². The molecule has 0 aliphatic carbocycles. The van der Waals surface area contributed by atoms with Crippen LogP contribution in [0, 0.1) is 0 Å². The van der Waals surface area contributed by atoms with Crippen LogP contribution in [0.1, 0.15) is 10.4 Å². The van der Waals surface area contributed by atoms with Crippen LogP contribution < -0.4 is 11.0 Å². The smallest absolute Gasteiger partial charge is 0.280 e. The summed E-state index contributed by atoms with van der Waals surface area (Å²) in [5, 5.41) is 0.458. The number of H-pyrrole nitrogens is 1. The Kier molecular flexibility index (Phi) is 3.94. The number of hydrogen-bond donors (Lipinski definition) is 2. The minimum Gasteiger partial charge on any atom is -0.321 e. The molecule has 0 bridgehead atoms. The number of carbonyl (C=O) groups excluding carboxylic acids is 1. The lowest BCUT2D eigenvalue weighted by atomic mass is 10.1. The number of hydrogen-bond acceptors (Lipinski definition) is 4. The summed E-state index contributed by atoms with van der Waals surface area (Å²) in [7, 11) is 1.29. The molecule has 19 heavy (non-hydrogen) atoms. The molecule has 0 fully saturated rings. The third-order valence-corrected chi connectivity index (χ3v) is 2.74. The first-order valence-electron chi connectivity index (χ1n) is 5.30. The lowest BCUT2D eigenvalue weighted by molar-refractivity contribution is 0.0536. The summed E-state index contributed by atoms with van der Waals surface area (Å²) in [5.74, 6) is -0.618. The predicted molar refractivity (Wildman–Crippen MR) is 69.8 cm³/mol. The molecule has 0 spiro atoms. The Morgan fingerprint density at radius 3 is 2.84 bits per heavy atom. The number of carbonyl (C=O) groups is 1. The second-order valence-corrected chi connectivity index (χ2v) is 4.01. The topological polar surface area (TPSA) is 84.1 Å². The molecule has 2 N–H and O–H groups in total. The van der Waals surface area contributed by atoms with Crippen molar-refractivity contribution in [1.29, 1.82) is 0 Å². The van der Waals surface area contributed by atoms with Crippen LogP contribution in [0.25, 0.3) is 11.3 Å². The van der Waals surface area contributed by atoms with Crippen molar-refractivity contribution in [2.75, 3.05) is 7.11 Å². The van der Waals surface area contributed by atoms with E-state index in [9.17, 15) is 9.59 Å². The first-order valence-corrected chi connectivity index (χ1v) is 5.68. The Hall–Kier alpha value is -2.18. The Bertz CT molecular complexity index is 669. The van der Waals surface area contributed by atoms with Crippen LogP contribution in [0.2, 0.25) is 5.02 Å². The van der Waals surface area contributed by atoms with Crippen LogP contribution >= 0.6 is 11.6 Å². The number of aromatic amines is 1. The fourth-order valence-corrected chi connectivity index (χ4v) is 1.74. The van der Waals surface area contributed by atoms with Crippen molar-refractivity contribution in [3.63, 3.8) is 0 Å². The first-order chi connectivity index (χ1) is 9.13.